The van der Waals surface area contributed by atoms with Gasteiger partial charge < -0.3 is 9.47 Å². The molecule has 5 nitrogen and oxygen atoms in total. The number of hydrogen-bond acceptors (Lipinski definition) is 5. The molecular weight excluding hydrogens is 346 g/mol. The van der Waals surface area contributed by atoms with Gasteiger partial charge in [-0.15, -0.1) is 11.8 Å². The van der Waals surface area contributed by atoms with Crippen LogP contribution in [0.25, 0.3) is 0 Å². The zero-order valence-corrected chi connectivity index (χ0v) is 15.5. The van der Waals surface area contributed by atoms with Gasteiger partial charge in [0.05, 0.1) is 19.1 Å². The molecule has 0 saturated heterocycles. The van der Waals surface area contributed by atoms with Gasteiger partial charge >= 0.3 is 0 Å². The highest BCUT2D eigenvalue weighted by Gasteiger charge is 2.13. The van der Waals surface area contributed by atoms with Crippen molar-refractivity contribution < 1.29 is 17.9 Å². The Kier molecular flexibility index (Phi) is 6.53. The van der Waals surface area contributed by atoms with Gasteiger partial charge in [0, 0.05) is 11.4 Å². The summed E-state index contributed by atoms with van der Waals surface area (Å²) in [5.41, 5.74) is 0.966. The molecule has 0 radical (unpaired) electrons. The number of benzene rings is 2. The summed E-state index contributed by atoms with van der Waals surface area (Å²) in [5, 5.41) is 0. The summed E-state index contributed by atoms with van der Waals surface area (Å²) in [6.45, 7) is 0.308. The highest BCUT2D eigenvalue weighted by Crippen LogP contribution is 2.27. The second kappa shape index (κ2) is 8.41. The molecule has 0 fully saturated rings. The minimum atomic E-state index is -3.50. The first-order valence-electron chi connectivity index (χ1n) is 7.35. The lowest BCUT2D eigenvalue weighted by atomic mass is 10.1. The number of rotatable bonds is 8. The molecule has 0 aliphatic heterocycles. The molecule has 7 heteroatoms. The Morgan fingerprint density at radius 3 is 2.25 bits per heavy atom. The van der Waals surface area contributed by atoms with E-state index in [4.69, 9.17) is 9.47 Å². The van der Waals surface area contributed by atoms with E-state index in [9.17, 15) is 8.42 Å². The van der Waals surface area contributed by atoms with Crippen molar-refractivity contribution in [3.63, 3.8) is 0 Å². The van der Waals surface area contributed by atoms with Crippen molar-refractivity contribution in [1.82, 2.24) is 4.72 Å². The second-order valence-electron chi connectivity index (χ2n) is 5.01. The van der Waals surface area contributed by atoms with E-state index in [0.717, 1.165) is 10.5 Å². The van der Waals surface area contributed by atoms with Gasteiger partial charge in [0.2, 0.25) is 10.0 Å². The number of thioether (sulfide) groups is 1. The van der Waals surface area contributed by atoms with Gasteiger partial charge in [-0.1, -0.05) is 6.07 Å². The molecule has 24 heavy (non-hydrogen) atoms. The van der Waals surface area contributed by atoms with E-state index >= 15 is 0 Å². The molecule has 0 unspecified atom stereocenters. The Morgan fingerprint density at radius 2 is 1.67 bits per heavy atom. The molecule has 2 aromatic rings. The van der Waals surface area contributed by atoms with Gasteiger partial charge in [-0.3, -0.25) is 0 Å². The van der Waals surface area contributed by atoms with E-state index in [1.54, 1.807) is 50.2 Å². The quantitative estimate of drug-likeness (QED) is 0.727. The van der Waals surface area contributed by atoms with Crippen molar-refractivity contribution in [2.75, 3.05) is 27.0 Å². The zero-order valence-electron chi connectivity index (χ0n) is 13.9. The van der Waals surface area contributed by atoms with Crippen LogP contribution in [0.4, 0.5) is 0 Å². The first-order chi connectivity index (χ1) is 11.5. The van der Waals surface area contributed by atoms with Crippen LogP contribution < -0.4 is 14.2 Å². The summed E-state index contributed by atoms with van der Waals surface area (Å²) in [6.07, 6.45) is 2.51. The van der Waals surface area contributed by atoms with Gasteiger partial charge in [-0.25, -0.2) is 13.1 Å². The standard InChI is InChI=1S/C17H21NO4S2/c1-21-16-9-4-13(12-17(16)22-2)10-11-18-24(19,20)15-7-5-14(23-3)6-8-15/h4-9,12,18H,10-11H2,1-3H3. The van der Waals surface area contributed by atoms with Crippen molar-refractivity contribution in [3.05, 3.63) is 48.0 Å². The van der Waals surface area contributed by atoms with Crippen LogP contribution in [-0.4, -0.2) is 35.4 Å². The van der Waals surface area contributed by atoms with Gasteiger partial charge in [0.25, 0.3) is 0 Å². The monoisotopic (exact) mass is 367 g/mol. The van der Waals surface area contributed by atoms with Gasteiger partial charge in [-0.2, -0.15) is 0 Å². The summed E-state index contributed by atoms with van der Waals surface area (Å²) >= 11 is 1.57. The third kappa shape index (κ3) is 4.66. The predicted octanol–water partition coefficient (Wildman–Crippen LogP) is 2.95. The third-order valence-corrected chi connectivity index (χ3v) is 5.74. The van der Waals surface area contributed by atoms with E-state index in [2.05, 4.69) is 4.72 Å². The lowest BCUT2D eigenvalue weighted by Crippen LogP contribution is -2.26. The number of hydrogen-bond donors (Lipinski definition) is 1. The molecule has 130 valence electrons. The molecule has 2 aromatic carbocycles. The Morgan fingerprint density at radius 1 is 1.00 bits per heavy atom. The predicted molar refractivity (Wildman–Crippen MR) is 96.7 cm³/mol. The fourth-order valence-corrected chi connectivity index (χ4v) is 3.64. The van der Waals surface area contributed by atoms with Crippen molar-refractivity contribution in [2.24, 2.45) is 0 Å². The zero-order chi connectivity index (χ0) is 17.6. The molecule has 0 amide bonds. The molecule has 0 aromatic heterocycles. The highest BCUT2D eigenvalue weighted by molar-refractivity contribution is 7.98. The number of sulfonamides is 1. The molecule has 0 aliphatic carbocycles. The van der Waals surface area contributed by atoms with Crippen LogP contribution in [0, 0.1) is 0 Å². The van der Waals surface area contributed by atoms with Crippen molar-refractivity contribution in [1.29, 1.82) is 0 Å². The van der Waals surface area contributed by atoms with Crippen molar-refractivity contribution in [2.45, 2.75) is 16.2 Å². The summed E-state index contributed by atoms with van der Waals surface area (Å²) in [7, 11) is -0.350. The Hall–Kier alpha value is -1.70. The van der Waals surface area contributed by atoms with Crippen LogP contribution in [0.1, 0.15) is 5.56 Å². The Bertz CT molecular complexity index is 774. The SMILES string of the molecule is COc1ccc(CCNS(=O)(=O)c2ccc(SC)cc2)cc1OC. The lowest BCUT2D eigenvalue weighted by molar-refractivity contribution is 0.354. The van der Waals surface area contributed by atoms with Crippen molar-refractivity contribution >= 4 is 21.8 Å². The normalized spacial score (nSPS) is 11.3. The van der Waals surface area contributed by atoms with Gasteiger partial charge in [0.15, 0.2) is 11.5 Å². The van der Waals surface area contributed by atoms with Crippen LogP contribution in [0.5, 0.6) is 11.5 Å². The van der Waals surface area contributed by atoms with E-state index in [1.165, 1.54) is 0 Å². The van der Waals surface area contributed by atoms with Crippen LogP contribution in [0.15, 0.2) is 52.3 Å². The Labute approximate surface area is 147 Å². The molecular formula is C17H21NO4S2. The maximum Gasteiger partial charge on any atom is 0.240 e. The fraction of sp³-hybridized carbons (Fsp3) is 0.294. The molecule has 0 heterocycles. The number of nitrogens with one attached hydrogen (secondary N) is 1. The Balaban J connectivity index is 1.99. The minimum Gasteiger partial charge on any atom is -0.493 e. The smallest absolute Gasteiger partial charge is 0.240 e. The maximum atomic E-state index is 12.3. The van der Waals surface area contributed by atoms with E-state index in [-0.39, 0.29) is 4.90 Å². The first kappa shape index (κ1) is 18.6. The van der Waals surface area contributed by atoms with Crippen molar-refractivity contribution in [3.8, 4) is 11.5 Å². The molecule has 0 saturated carbocycles. The average molecular weight is 367 g/mol. The van der Waals surface area contributed by atoms with E-state index in [0.29, 0.717) is 24.5 Å². The number of ether oxygens (including phenoxy) is 2. The summed E-state index contributed by atoms with van der Waals surface area (Å²) in [5.74, 6) is 1.28. The van der Waals surface area contributed by atoms with Crippen LogP contribution in [0.3, 0.4) is 0 Å². The average Bonchev–Trinajstić information content (AvgIpc) is 2.61. The van der Waals surface area contributed by atoms with Crippen LogP contribution >= 0.6 is 11.8 Å². The second-order valence-corrected chi connectivity index (χ2v) is 7.66. The number of methoxy groups -OCH3 is 2. The summed E-state index contributed by atoms with van der Waals surface area (Å²) in [4.78, 5) is 1.30. The van der Waals surface area contributed by atoms with Gasteiger partial charge in [-0.05, 0) is 54.6 Å². The lowest BCUT2D eigenvalue weighted by Gasteiger charge is -2.10. The molecule has 0 spiro atoms. The largest absolute Gasteiger partial charge is 0.493 e. The molecule has 0 bridgehead atoms. The maximum absolute atomic E-state index is 12.3. The highest BCUT2D eigenvalue weighted by atomic mass is 32.2. The molecule has 0 aliphatic rings. The van der Waals surface area contributed by atoms with Crippen LogP contribution in [-0.2, 0) is 16.4 Å². The summed E-state index contributed by atoms with van der Waals surface area (Å²) in [6, 6.07) is 12.4. The molecule has 1 N–H and O–H groups in total. The fourth-order valence-electron chi connectivity index (χ4n) is 2.20. The minimum absolute atomic E-state index is 0.271. The molecule has 0 atom stereocenters. The topological polar surface area (TPSA) is 64.6 Å². The third-order valence-electron chi connectivity index (χ3n) is 3.52. The summed E-state index contributed by atoms with van der Waals surface area (Å²) < 4.78 is 37.6. The van der Waals surface area contributed by atoms with E-state index in [1.807, 2.05) is 24.5 Å². The van der Waals surface area contributed by atoms with E-state index < -0.39 is 10.0 Å². The van der Waals surface area contributed by atoms with Gasteiger partial charge in [0.1, 0.15) is 0 Å². The van der Waals surface area contributed by atoms with Crippen LogP contribution in [0.2, 0.25) is 0 Å². The molecule has 2 rings (SSSR count). The first-order valence-corrected chi connectivity index (χ1v) is 10.1.